The monoisotopic (exact) mass is 416 g/mol. The van der Waals surface area contributed by atoms with E-state index in [2.05, 4.69) is 5.32 Å². The maximum absolute atomic E-state index is 13.4. The normalized spacial score (nSPS) is 23.2. The maximum atomic E-state index is 13.4. The SMILES string of the molecule is O=C(C1CCCCC1)N1CCC(NC(=O)C2(c3ccc(F)cc3)CCOCC2)CC1. The van der Waals surface area contributed by atoms with Gasteiger partial charge >= 0.3 is 0 Å². The Hall–Kier alpha value is -1.95. The topological polar surface area (TPSA) is 58.6 Å². The Morgan fingerprint density at radius 1 is 0.967 bits per heavy atom. The molecule has 0 aromatic heterocycles. The third-order valence-corrected chi connectivity index (χ3v) is 7.27. The number of rotatable bonds is 4. The van der Waals surface area contributed by atoms with E-state index in [4.69, 9.17) is 4.74 Å². The van der Waals surface area contributed by atoms with Crippen LogP contribution in [-0.4, -0.2) is 49.1 Å². The van der Waals surface area contributed by atoms with E-state index in [1.807, 2.05) is 4.90 Å². The molecule has 30 heavy (non-hydrogen) atoms. The Morgan fingerprint density at radius 2 is 1.60 bits per heavy atom. The fourth-order valence-corrected chi connectivity index (χ4v) is 5.31. The molecule has 1 aromatic rings. The summed E-state index contributed by atoms with van der Waals surface area (Å²) in [6.07, 6.45) is 8.41. The van der Waals surface area contributed by atoms with Crippen molar-refractivity contribution >= 4 is 11.8 Å². The van der Waals surface area contributed by atoms with Gasteiger partial charge in [0.05, 0.1) is 5.41 Å². The molecule has 5 nitrogen and oxygen atoms in total. The van der Waals surface area contributed by atoms with Crippen LogP contribution in [0.4, 0.5) is 4.39 Å². The number of amides is 2. The third-order valence-electron chi connectivity index (χ3n) is 7.27. The van der Waals surface area contributed by atoms with Crippen LogP contribution in [0.5, 0.6) is 0 Å². The minimum absolute atomic E-state index is 0.00876. The van der Waals surface area contributed by atoms with Gasteiger partial charge in [-0.05, 0) is 56.2 Å². The Balaban J connectivity index is 1.37. The molecule has 3 aliphatic rings. The van der Waals surface area contributed by atoms with E-state index in [1.165, 1.54) is 18.6 Å². The molecule has 1 aromatic carbocycles. The van der Waals surface area contributed by atoms with Crippen LogP contribution in [0, 0.1) is 11.7 Å². The van der Waals surface area contributed by atoms with Gasteiger partial charge in [-0.2, -0.15) is 0 Å². The van der Waals surface area contributed by atoms with Gasteiger partial charge in [-0.15, -0.1) is 0 Å². The van der Waals surface area contributed by atoms with Crippen molar-refractivity contribution in [3.8, 4) is 0 Å². The van der Waals surface area contributed by atoms with Crippen LogP contribution in [0.1, 0.15) is 63.4 Å². The number of nitrogens with one attached hydrogen (secondary N) is 1. The predicted molar refractivity (Wildman–Crippen MR) is 112 cm³/mol. The first-order chi connectivity index (χ1) is 14.6. The molecular weight excluding hydrogens is 383 g/mol. The molecule has 0 radical (unpaired) electrons. The van der Waals surface area contributed by atoms with Crippen LogP contribution in [0.3, 0.4) is 0 Å². The van der Waals surface area contributed by atoms with E-state index in [1.54, 1.807) is 12.1 Å². The van der Waals surface area contributed by atoms with Gasteiger partial charge in [-0.25, -0.2) is 4.39 Å². The second kappa shape index (κ2) is 9.46. The van der Waals surface area contributed by atoms with Gasteiger partial charge in [0.15, 0.2) is 0 Å². The number of halogens is 1. The summed E-state index contributed by atoms with van der Waals surface area (Å²) in [7, 11) is 0. The minimum Gasteiger partial charge on any atom is -0.381 e. The summed E-state index contributed by atoms with van der Waals surface area (Å²) < 4.78 is 18.9. The van der Waals surface area contributed by atoms with Crippen molar-refractivity contribution in [2.24, 2.45) is 5.92 Å². The highest BCUT2D eigenvalue weighted by Gasteiger charge is 2.42. The van der Waals surface area contributed by atoms with Crippen LogP contribution in [0.2, 0.25) is 0 Å². The van der Waals surface area contributed by atoms with Gasteiger partial charge in [0.25, 0.3) is 0 Å². The zero-order chi connectivity index (χ0) is 21.0. The molecule has 2 aliphatic heterocycles. The maximum Gasteiger partial charge on any atom is 0.231 e. The average Bonchev–Trinajstić information content (AvgIpc) is 2.80. The smallest absolute Gasteiger partial charge is 0.231 e. The van der Waals surface area contributed by atoms with Crippen molar-refractivity contribution < 1.29 is 18.7 Å². The van der Waals surface area contributed by atoms with Crippen molar-refractivity contribution in [1.29, 1.82) is 0 Å². The summed E-state index contributed by atoms with van der Waals surface area (Å²) in [6.45, 7) is 2.48. The number of piperidine rings is 1. The standard InChI is InChI=1S/C24H33FN2O3/c25-20-8-6-19(7-9-20)24(12-16-30-17-13-24)23(29)26-21-10-14-27(15-11-21)22(28)18-4-2-1-3-5-18/h6-9,18,21H,1-5,10-17H2,(H,26,29). The zero-order valence-corrected chi connectivity index (χ0v) is 17.7. The first-order valence-corrected chi connectivity index (χ1v) is 11.5. The van der Waals surface area contributed by atoms with Crippen LogP contribution in [0.25, 0.3) is 0 Å². The van der Waals surface area contributed by atoms with Crippen LogP contribution in [-0.2, 0) is 19.7 Å². The lowest BCUT2D eigenvalue weighted by Gasteiger charge is -2.39. The first-order valence-electron chi connectivity index (χ1n) is 11.5. The molecule has 0 spiro atoms. The molecule has 0 unspecified atom stereocenters. The summed E-state index contributed by atoms with van der Waals surface area (Å²) >= 11 is 0. The van der Waals surface area contributed by atoms with Crippen molar-refractivity contribution in [1.82, 2.24) is 10.2 Å². The van der Waals surface area contributed by atoms with Crippen molar-refractivity contribution in [3.63, 3.8) is 0 Å². The lowest BCUT2D eigenvalue weighted by atomic mass is 9.73. The Labute approximate surface area is 178 Å². The number of benzene rings is 1. The summed E-state index contributed by atoms with van der Waals surface area (Å²) in [4.78, 5) is 28.2. The molecule has 1 N–H and O–H groups in total. The van der Waals surface area contributed by atoms with Gasteiger partial charge in [0.2, 0.25) is 11.8 Å². The molecule has 0 bridgehead atoms. The molecule has 3 fully saturated rings. The Morgan fingerprint density at radius 3 is 2.23 bits per heavy atom. The lowest BCUT2D eigenvalue weighted by molar-refractivity contribution is -0.138. The summed E-state index contributed by atoms with van der Waals surface area (Å²) in [5, 5.41) is 3.26. The molecule has 6 heteroatoms. The highest BCUT2D eigenvalue weighted by molar-refractivity contribution is 5.88. The van der Waals surface area contributed by atoms with E-state index in [0.29, 0.717) is 45.1 Å². The quantitative estimate of drug-likeness (QED) is 0.817. The van der Waals surface area contributed by atoms with Gasteiger partial charge in [-0.1, -0.05) is 31.4 Å². The van der Waals surface area contributed by atoms with E-state index in [0.717, 1.165) is 44.1 Å². The molecular formula is C24H33FN2O3. The molecule has 2 heterocycles. The fourth-order valence-electron chi connectivity index (χ4n) is 5.31. The molecule has 1 aliphatic carbocycles. The zero-order valence-electron chi connectivity index (χ0n) is 17.7. The van der Waals surface area contributed by atoms with E-state index in [-0.39, 0.29) is 23.7 Å². The lowest BCUT2D eigenvalue weighted by Crippen LogP contribution is -2.54. The number of ether oxygens (including phenoxy) is 1. The first kappa shape index (κ1) is 21.3. The number of nitrogens with zero attached hydrogens (tertiary/aromatic N) is 1. The van der Waals surface area contributed by atoms with E-state index < -0.39 is 5.41 Å². The number of carbonyl (C=O) groups is 2. The van der Waals surface area contributed by atoms with Crippen molar-refractivity contribution in [2.75, 3.05) is 26.3 Å². The molecule has 164 valence electrons. The van der Waals surface area contributed by atoms with Gasteiger partial charge in [0.1, 0.15) is 5.82 Å². The molecule has 2 saturated heterocycles. The number of hydrogen-bond donors (Lipinski definition) is 1. The minimum atomic E-state index is -0.666. The number of carbonyl (C=O) groups excluding carboxylic acids is 2. The third kappa shape index (κ3) is 4.53. The van der Waals surface area contributed by atoms with Crippen LogP contribution in [0.15, 0.2) is 24.3 Å². The fraction of sp³-hybridized carbons (Fsp3) is 0.667. The highest BCUT2D eigenvalue weighted by Crippen LogP contribution is 2.36. The van der Waals surface area contributed by atoms with Gasteiger partial charge in [0, 0.05) is 38.3 Å². The van der Waals surface area contributed by atoms with E-state index >= 15 is 0 Å². The van der Waals surface area contributed by atoms with Crippen LogP contribution < -0.4 is 5.32 Å². The van der Waals surface area contributed by atoms with E-state index in [9.17, 15) is 14.0 Å². The molecule has 2 amide bonds. The highest BCUT2D eigenvalue weighted by atomic mass is 19.1. The van der Waals surface area contributed by atoms with Gasteiger partial charge in [-0.3, -0.25) is 9.59 Å². The number of likely N-dealkylation sites (tertiary alicyclic amines) is 1. The van der Waals surface area contributed by atoms with Crippen LogP contribution >= 0.6 is 0 Å². The predicted octanol–water partition coefficient (Wildman–Crippen LogP) is 3.56. The summed E-state index contributed by atoms with van der Waals surface area (Å²) in [6, 6.07) is 6.38. The average molecular weight is 417 g/mol. The summed E-state index contributed by atoms with van der Waals surface area (Å²) in [5.74, 6) is 0.228. The molecule has 4 rings (SSSR count). The molecule has 0 atom stereocenters. The largest absolute Gasteiger partial charge is 0.381 e. The molecule has 1 saturated carbocycles. The van der Waals surface area contributed by atoms with Gasteiger partial charge < -0.3 is 15.0 Å². The Kier molecular flexibility index (Phi) is 6.71. The second-order valence-electron chi connectivity index (χ2n) is 9.11. The van der Waals surface area contributed by atoms with Crippen molar-refractivity contribution in [2.45, 2.75) is 69.2 Å². The number of hydrogen-bond acceptors (Lipinski definition) is 3. The Bertz CT molecular complexity index is 731. The second-order valence-corrected chi connectivity index (χ2v) is 9.11. The summed E-state index contributed by atoms with van der Waals surface area (Å²) in [5.41, 5.74) is 0.190. The van der Waals surface area contributed by atoms with Crippen molar-refractivity contribution in [3.05, 3.63) is 35.6 Å².